The van der Waals surface area contributed by atoms with E-state index in [1.54, 1.807) is 4.90 Å². The SMILES string of the molecule is CN(C[C@H]1CCc2sccc21)C(=O)OC(C)(C)C. The van der Waals surface area contributed by atoms with Crippen molar-refractivity contribution in [3.8, 4) is 0 Å². The van der Waals surface area contributed by atoms with E-state index in [1.165, 1.54) is 10.4 Å². The molecule has 2 rings (SSSR count). The molecular weight excluding hydrogens is 246 g/mol. The zero-order chi connectivity index (χ0) is 13.3. The van der Waals surface area contributed by atoms with Crippen LogP contribution < -0.4 is 0 Å². The van der Waals surface area contributed by atoms with E-state index >= 15 is 0 Å². The van der Waals surface area contributed by atoms with Gasteiger partial charge in [-0.05, 0) is 50.6 Å². The molecule has 3 nitrogen and oxygen atoms in total. The summed E-state index contributed by atoms with van der Waals surface area (Å²) in [6, 6.07) is 2.20. The molecule has 1 aliphatic carbocycles. The first-order valence-electron chi connectivity index (χ1n) is 6.37. The predicted octanol–water partition coefficient (Wildman–Crippen LogP) is 3.64. The minimum absolute atomic E-state index is 0.230. The van der Waals surface area contributed by atoms with Gasteiger partial charge in [-0.25, -0.2) is 4.79 Å². The van der Waals surface area contributed by atoms with Crippen molar-refractivity contribution < 1.29 is 9.53 Å². The molecule has 1 aromatic heterocycles. The standard InChI is InChI=1S/C14H21NO2S/c1-14(2,3)17-13(16)15(4)9-10-5-6-12-11(10)7-8-18-12/h7-8,10H,5-6,9H2,1-4H3/t10-/m1/s1. The second kappa shape index (κ2) is 4.92. The highest BCUT2D eigenvalue weighted by atomic mass is 32.1. The number of fused-ring (bicyclic) bond motifs is 1. The van der Waals surface area contributed by atoms with Crippen molar-refractivity contribution in [2.75, 3.05) is 13.6 Å². The Labute approximate surface area is 113 Å². The second-order valence-electron chi connectivity index (χ2n) is 5.90. The van der Waals surface area contributed by atoms with Gasteiger partial charge in [0.05, 0.1) is 0 Å². The molecule has 4 heteroatoms. The van der Waals surface area contributed by atoms with E-state index in [0.717, 1.165) is 19.4 Å². The van der Waals surface area contributed by atoms with Crippen molar-refractivity contribution in [2.45, 2.75) is 45.1 Å². The Morgan fingerprint density at radius 3 is 2.94 bits per heavy atom. The van der Waals surface area contributed by atoms with E-state index in [-0.39, 0.29) is 6.09 Å². The smallest absolute Gasteiger partial charge is 0.410 e. The van der Waals surface area contributed by atoms with Gasteiger partial charge in [-0.3, -0.25) is 0 Å². The van der Waals surface area contributed by atoms with E-state index in [1.807, 2.05) is 39.2 Å². The largest absolute Gasteiger partial charge is 0.444 e. The van der Waals surface area contributed by atoms with Crippen molar-refractivity contribution in [1.82, 2.24) is 4.90 Å². The summed E-state index contributed by atoms with van der Waals surface area (Å²) in [5.74, 6) is 0.476. The number of rotatable bonds is 2. The molecule has 0 saturated carbocycles. The van der Waals surface area contributed by atoms with Crippen LogP contribution in [0.5, 0.6) is 0 Å². The first kappa shape index (κ1) is 13.4. The average molecular weight is 267 g/mol. The minimum atomic E-state index is -0.422. The summed E-state index contributed by atoms with van der Waals surface area (Å²) >= 11 is 1.83. The van der Waals surface area contributed by atoms with Crippen LogP contribution in [0.4, 0.5) is 4.79 Å². The average Bonchev–Trinajstić information content (AvgIpc) is 2.80. The van der Waals surface area contributed by atoms with Crippen LogP contribution in [0.2, 0.25) is 0 Å². The predicted molar refractivity (Wildman–Crippen MR) is 74.2 cm³/mol. The number of carbonyl (C=O) groups excluding carboxylic acids is 1. The van der Waals surface area contributed by atoms with Crippen molar-refractivity contribution in [3.63, 3.8) is 0 Å². The van der Waals surface area contributed by atoms with E-state index in [2.05, 4.69) is 11.4 Å². The van der Waals surface area contributed by atoms with Gasteiger partial charge in [0, 0.05) is 24.4 Å². The van der Waals surface area contributed by atoms with Crippen molar-refractivity contribution in [3.05, 3.63) is 21.9 Å². The number of thiophene rings is 1. The lowest BCUT2D eigenvalue weighted by molar-refractivity contribution is 0.0289. The molecule has 0 aromatic carbocycles. The number of carbonyl (C=O) groups is 1. The molecule has 0 bridgehead atoms. The number of nitrogens with zero attached hydrogens (tertiary/aromatic N) is 1. The highest BCUT2D eigenvalue weighted by Gasteiger charge is 2.27. The fourth-order valence-electron chi connectivity index (χ4n) is 2.31. The molecule has 1 heterocycles. The number of hydrogen-bond acceptors (Lipinski definition) is 3. The summed E-state index contributed by atoms with van der Waals surface area (Å²) in [6.07, 6.45) is 2.07. The quantitative estimate of drug-likeness (QED) is 0.818. The van der Waals surface area contributed by atoms with Crippen LogP contribution >= 0.6 is 11.3 Å². The molecule has 1 amide bonds. The Hall–Kier alpha value is -1.03. The third-order valence-corrected chi connectivity index (χ3v) is 4.14. The number of aryl methyl sites for hydroxylation is 1. The Balaban J connectivity index is 1.93. The van der Waals surface area contributed by atoms with Crippen LogP contribution in [-0.2, 0) is 11.2 Å². The summed E-state index contributed by atoms with van der Waals surface area (Å²) in [4.78, 5) is 15.1. The molecule has 0 radical (unpaired) electrons. The van der Waals surface area contributed by atoms with Gasteiger partial charge in [-0.2, -0.15) is 0 Å². The zero-order valence-corrected chi connectivity index (χ0v) is 12.3. The van der Waals surface area contributed by atoms with Gasteiger partial charge < -0.3 is 9.64 Å². The molecule has 100 valence electrons. The maximum absolute atomic E-state index is 11.9. The molecule has 0 N–H and O–H groups in total. The normalized spacial score (nSPS) is 18.6. The fraction of sp³-hybridized carbons (Fsp3) is 0.643. The van der Waals surface area contributed by atoms with Gasteiger partial charge in [0.2, 0.25) is 0 Å². The number of ether oxygens (including phenoxy) is 1. The van der Waals surface area contributed by atoms with Crippen molar-refractivity contribution in [1.29, 1.82) is 0 Å². The fourth-order valence-corrected chi connectivity index (χ4v) is 3.30. The van der Waals surface area contributed by atoms with Crippen molar-refractivity contribution >= 4 is 17.4 Å². The highest BCUT2D eigenvalue weighted by molar-refractivity contribution is 7.10. The minimum Gasteiger partial charge on any atom is -0.444 e. The summed E-state index contributed by atoms with van der Waals surface area (Å²) in [6.45, 7) is 6.43. The van der Waals surface area contributed by atoms with Crippen molar-refractivity contribution in [2.24, 2.45) is 0 Å². The molecule has 18 heavy (non-hydrogen) atoms. The maximum Gasteiger partial charge on any atom is 0.410 e. The zero-order valence-electron chi connectivity index (χ0n) is 11.5. The molecule has 0 saturated heterocycles. The van der Waals surface area contributed by atoms with Gasteiger partial charge in [0.1, 0.15) is 5.60 Å². The Kier molecular flexibility index (Phi) is 3.66. The number of likely N-dealkylation sites (N-methyl/N-ethyl adjacent to an activating group) is 1. The van der Waals surface area contributed by atoms with E-state index in [0.29, 0.717) is 5.92 Å². The Bertz CT molecular complexity index is 433. The summed E-state index contributed by atoms with van der Waals surface area (Å²) in [5.41, 5.74) is 1.00. The summed E-state index contributed by atoms with van der Waals surface area (Å²) in [7, 11) is 1.82. The number of amides is 1. The maximum atomic E-state index is 11.9. The van der Waals surface area contributed by atoms with E-state index in [4.69, 9.17) is 4.74 Å². The van der Waals surface area contributed by atoms with Gasteiger partial charge >= 0.3 is 6.09 Å². The van der Waals surface area contributed by atoms with Gasteiger partial charge in [0.25, 0.3) is 0 Å². The lowest BCUT2D eigenvalue weighted by Crippen LogP contribution is -2.36. The van der Waals surface area contributed by atoms with E-state index < -0.39 is 5.60 Å². The van der Waals surface area contributed by atoms with Crippen LogP contribution in [-0.4, -0.2) is 30.2 Å². The molecule has 1 atom stereocenters. The molecule has 0 unspecified atom stereocenters. The summed E-state index contributed by atoms with van der Waals surface area (Å²) in [5, 5.41) is 2.14. The summed E-state index contributed by atoms with van der Waals surface area (Å²) < 4.78 is 5.37. The molecular formula is C14H21NO2S. The van der Waals surface area contributed by atoms with Crippen LogP contribution in [0.1, 0.15) is 43.6 Å². The molecule has 1 aliphatic rings. The van der Waals surface area contributed by atoms with Gasteiger partial charge in [0.15, 0.2) is 0 Å². The lowest BCUT2D eigenvalue weighted by Gasteiger charge is -2.26. The third-order valence-electron chi connectivity index (χ3n) is 3.14. The topological polar surface area (TPSA) is 29.5 Å². The van der Waals surface area contributed by atoms with Crippen LogP contribution in [0.3, 0.4) is 0 Å². The monoisotopic (exact) mass is 267 g/mol. The van der Waals surface area contributed by atoms with Crippen LogP contribution in [0.25, 0.3) is 0 Å². The van der Waals surface area contributed by atoms with Crippen LogP contribution in [0.15, 0.2) is 11.4 Å². The number of hydrogen-bond donors (Lipinski definition) is 0. The van der Waals surface area contributed by atoms with Gasteiger partial charge in [-0.15, -0.1) is 11.3 Å². The third kappa shape index (κ3) is 3.05. The first-order chi connectivity index (χ1) is 8.37. The Morgan fingerprint density at radius 1 is 1.56 bits per heavy atom. The molecule has 0 spiro atoms. The Morgan fingerprint density at radius 2 is 2.28 bits per heavy atom. The molecule has 0 fully saturated rings. The molecule has 0 aliphatic heterocycles. The van der Waals surface area contributed by atoms with E-state index in [9.17, 15) is 4.79 Å². The molecule has 1 aromatic rings. The first-order valence-corrected chi connectivity index (χ1v) is 7.25. The van der Waals surface area contributed by atoms with Crippen LogP contribution in [0, 0.1) is 0 Å². The lowest BCUT2D eigenvalue weighted by atomic mass is 10.0. The van der Waals surface area contributed by atoms with Gasteiger partial charge in [-0.1, -0.05) is 0 Å². The second-order valence-corrected chi connectivity index (χ2v) is 6.90. The highest BCUT2D eigenvalue weighted by Crippen LogP contribution is 2.36.